The summed E-state index contributed by atoms with van der Waals surface area (Å²) in [6.07, 6.45) is 27.5. The number of halogens is 1. The van der Waals surface area contributed by atoms with Gasteiger partial charge in [-0.3, -0.25) is 4.79 Å². The summed E-state index contributed by atoms with van der Waals surface area (Å²) in [7, 11) is 0. The zero-order chi connectivity index (χ0) is 20.7. The van der Waals surface area contributed by atoms with Crippen LogP contribution in [0.1, 0.15) is 149 Å². The van der Waals surface area contributed by atoms with Crippen molar-refractivity contribution in [2.75, 3.05) is 5.33 Å². The van der Waals surface area contributed by atoms with Gasteiger partial charge < -0.3 is 0 Å². The molecule has 0 heterocycles. The SMILES string of the molecule is CCCCCCCCCCCCCCCCC(CBr)CC(=O)CCCCCC. The molecule has 0 aromatic rings. The van der Waals surface area contributed by atoms with Crippen molar-refractivity contribution in [1.29, 1.82) is 0 Å². The summed E-state index contributed by atoms with van der Waals surface area (Å²) in [5.74, 6) is 1.06. The summed E-state index contributed by atoms with van der Waals surface area (Å²) in [4.78, 5) is 12.1. The van der Waals surface area contributed by atoms with Crippen molar-refractivity contribution in [3.05, 3.63) is 0 Å². The molecule has 2 heteroatoms. The molecule has 0 fully saturated rings. The predicted molar refractivity (Wildman–Crippen MR) is 131 cm³/mol. The van der Waals surface area contributed by atoms with Gasteiger partial charge in [-0.25, -0.2) is 0 Å². The minimum absolute atomic E-state index is 0.492. The van der Waals surface area contributed by atoms with Crippen LogP contribution < -0.4 is 0 Å². The molecule has 0 saturated heterocycles. The molecule has 0 aromatic carbocycles. The molecule has 28 heavy (non-hydrogen) atoms. The first-order chi connectivity index (χ1) is 13.7. The molecule has 1 unspecified atom stereocenters. The van der Waals surface area contributed by atoms with Crippen LogP contribution in [0.5, 0.6) is 0 Å². The molecular formula is C26H51BrO. The lowest BCUT2D eigenvalue weighted by molar-refractivity contribution is -0.120. The molecule has 168 valence electrons. The number of carbonyl (C=O) groups excluding carboxylic acids is 1. The van der Waals surface area contributed by atoms with Crippen LogP contribution in [0.2, 0.25) is 0 Å². The summed E-state index contributed by atoms with van der Waals surface area (Å²) in [5, 5.41) is 0.992. The number of ketones is 1. The lowest BCUT2D eigenvalue weighted by Gasteiger charge is -2.13. The third kappa shape index (κ3) is 20.9. The van der Waals surface area contributed by atoms with Crippen LogP contribution in [0, 0.1) is 5.92 Å². The largest absolute Gasteiger partial charge is 0.300 e. The van der Waals surface area contributed by atoms with Crippen LogP contribution in [0.25, 0.3) is 0 Å². The summed E-state index contributed by atoms with van der Waals surface area (Å²) in [5.41, 5.74) is 0. The highest BCUT2D eigenvalue weighted by atomic mass is 79.9. The van der Waals surface area contributed by atoms with Crippen LogP contribution >= 0.6 is 15.9 Å². The Bertz CT molecular complexity index is 316. The molecule has 0 amide bonds. The molecular weight excluding hydrogens is 408 g/mol. The molecule has 0 bridgehead atoms. The molecule has 0 aromatic heterocycles. The topological polar surface area (TPSA) is 17.1 Å². The van der Waals surface area contributed by atoms with E-state index in [1.807, 2.05) is 0 Å². The van der Waals surface area contributed by atoms with E-state index in [2.05, 4.69) is 29.8 Å². The molecule has 0 N–H and O–H groups in total. The summed E-state index contributed by atoms with van der Waals surface area (Å²) >= 11 is 3.63. The minimum Gasteiger partial charge on any atom is -0.300 e. The van der Waals surface area contributed by atoms with E-state index in [0.29, 0.717) is 11.7 Å². The van der Waals surface area contributed by atoms with Gasteiger partial charge in [0.05, 0.1) is 0 Å². The van der Waals surface area contributed by atoms with Gasteiger partial charge in [-0.1, -0.05) is 139 Å². The normalized spacial score (nSPS) is 12.4. The first kappa shape index (κ1) is 28.1. The van der Waals surface area contributed by atoms with Crippen molar-refractivity contribution in [2.24, 2.45) is 5.92 Å². The van der Waals surface area contributed by atoms with E-state index in [1.54, 1.807) is 0 Å². The number of rotatable bonds is 23. The monoisotopic (exact) mass is 458 g/mol. The van der Waals surface area contributed by atoms with Gasteiger partial charge in [-0.2, -0.15) is 0 Å². The zero-order valence-electron chi connectivity index (χ0n) is 19.4. The minimum atomic E-state index is 0.492. The average molecular weight is 460 g/mol. The number of carbonyl (C=O) groups is 1. The Labute approximate surface area is 186 Å². The Morgan fingerprint density at radius 2 is 1.00 bits per heavy atom. The molecule has 0 aliphatic heterocycles. The number of hydrogen-bond acceptors (Lipinski definition) is 1. The highest BCUT2D eigenvalue weighted by Gasteiger charge is 2.12. The molecule has 0 aliphatic carbocycles. The van der Waals surface area contributed by atoms with Gasteiger partial charge >= 0.3 is 0 Å². The molecule has 0 aliphatic rings. The smallest absolute Gasteiger partial charge is 0.133 e. The van der Waals surface area contributed by atoms with Crippen LogP contribution in [0.4, 0.5) is 0 Å². The third-order valence-corrected chi connectivity index (χ3v) is 6.93. The van der Waals surface area contributed by atoms with Gasteiger partial charge in [-0.15, -0.1) is 0 Å². The van der Waals surface area contributed by atoms with Gasteiger partial charge in [0.2, 0.25) is 0 Å². The van der Waals surface area contributed by atoms with Crippen molar-refractivity contribution in [2.45, 2.75) is 149 Å². The van der Waals surface area contributed by atoms with E-state index in [9.17, 15) is 4.79 Å². The molecule has 0 rings (SSSR count). The van der Waals surface area contributed by atoms with Crippen LogP contribution in [-0.4, -0.2) is 11.1 Å². The van der Waals surface area contributed by atoms with Crippen LogP contribution in [0.3, 0.4) is 0 Å². The maximum atomic E-state index is 12.1. The zero-order valence-corrected chi connectivity index (χ0v) is 21.0. The molecule has 1 nitrogen and oxygen atoms in total. The Balaban J connectivity index is 3.37. The van der Waals surface area contributed by atoms with Crippen molar-refractivity contribution < 1.29 is 4.79 Å². The van der Waals surface area contributed by atoms with Crippen molar-refractivity contribution >= 4 is 21.7 Å². The maximum absolute atomic E-state index is 12.1. The van der Waals surface area contributed by atoms with Gasteiger partial charge in [0, 0.05) is 18.2 Å². The molecule has 0 saturated carbocycles. The Morgan fingerprint density at radius 3 is 1.43 bits per heavy atom. The van der Waals surface area contributed by atoms with E-state index < -0.39 is 0 Å². The number of unbranched alkanes of at least 4 members (excludes halogenated alkanes) is 16. The molecule has 0 radical (unpaired) electrons. The Hall–Kier alpha value is 0.150. The Kier molecular flexibility index (Phi) is 23.6. The maximum Gasteiger partial charge on any atom is 0.133 e. The molecule has 1 atom stereocenters. The lowest BCUT2D eigenvalue weighted by Crippen LogP contribution is -2.10. The fourth-order valence-corrected chi connectivity index (χ4v) is 4.59. The average Bonchev–Trinajstić information content (AvgIpc) is 2.70. The van der Waals surface area contributed by atoms with Gasteiger partial charge in [-0.05, 0) is 18.8 Å². The number of alkyl halides is 1. The van der Waals surface area contributed by atoms with E-state index in [-0.39, 0.29) is 0 Å². The highest BCUT2D eigenvalue weighted by molar-refractivity contribution is 9.09. The van der Waals surface area contributed by atoms with Crippen LogP contribution in [0.15, 0.2) is 0 Å². The highest BCUT2D eigenvalue weighted by Crippen LogP contribution is 2.20. The van der Waals surface area contributed by atoms with Crippen molar-refractivity contribution in [3.63, 3.8) is 0 Å². The van der Waals surface area contributed by atoms with Gasteiger partial charge in [0.15, 0.2) is 0 Å². The van der Waals surface area contributed by atoms with Crippen molar-refractivity contribution in [1.82, 2.24) is 0 Å². The fraction of sp³-hybridized carbons (Fsp3) is 0.962. The van der Waals surface area contributed by atoms with E-state index >= 15 is 0 Å². The van der Waals surface area contributed by atoms with E-state index in [4.69, 9.17) is 0 Å². The first-order valence-corrected chi connectivity index (χ1v) is 13.9. The van der Waals surface area contributed by atoms with Gasteiger partial charge in [0.25, 0.3) is 0 Å². The van der Waals surface area contributed by atoms with Crippen LogP contribution in [-0.2, 0) is 4.79 Å². The molecule has 0 spiro atoms. The Morgan fingerprint density at radius 1 is 0.607 bits per heavy atom. The second kappa shape index (κ2) is 23.4. The van der Waals surface area contributed by atoms with E-state index in [0.717, 1.165) is 24.6 Å². The van der Waals surface area contributed by atoms with Crippen molar-refractivity contribution in [3.8, 4) is 0 Å². The third-order valence-electron chi connectivity index (χ3n) is 6.01. The summed E-state index contributed by atoms with van der Waals surface area (Å²) < 4.78 is 0. The van der Waals surface area contributed by atoms with E-state index in [1.165, 1.54) is 116 Å². The lowest BCUT2D eigenvalue weighted by atomic mass is 9.95. The quantitative estimate of drug-likeness (QED) is 0.110. The number of hydrogen-bond donors (Lipinski definition) is 0. The second-order valence-corrected chi connectivity index (χ2v) is 9.61. The predicted octanol–water partition coefficient (Wildman–Crippen LogP) is 9.80. The standard InChI is InChI=1S/C26H51BrO/c1-3-5-7-9-10-11-12-13-14-15-16-17-18-19-21-25(24-27)23-26(28)22-20-8-6-4-2/h25H,3-24H2,1-2H3. The van der Waals surface area contributed by atoms with Gasteiger partial charge in [0.1, 0.15) is 5.78 Å². The summed E-state index contributed by atoms with van der Waals surface area (Å²) in [6, 6.07) is 0. The first-order valence-electron chi connectivity index (χ1n) is 12.8. The second-order valence-electron chi connectivity index (χ2n) is 8.96. The fourth-order valence-electron chi connectivity index (χ4n) is 4.03. The number of Topliss-reactive ketones (excluding diaryl/α,β-unsaturated/α-hetero) is 1. The summed E-state index contributed by atoms with van der Waals surface area (Å²) in [6.45, 7) is 4.51.